The molecule has 0 saturated heterocycles. The maximum absolute atomic E-state index is 12.8. The second-order valence-corrected chi connectivity index (χ2v) is 7.56. The molecular formula is C23H25N7O2. The number of rotatable bonds is 7. The molecule has 6 N–H and O–H groups in total. The fourth-order valence-electron chi connectivity index (χ4n) is 3.70. The first-order chi connectivity index (χ1) is 15.5. The Hall–Kier alpha value is -3.98. The SMILES string of the molecule is CN=C(N)c1cc(C)c2nc(-c3c(N[C@H](CO)Cc4ccncc4)cc[nH]c3=O)[nH]c2c1. The van der Waals surface area contributed by atoms with Crippen LogP contribution < -0.4 is 16.6 Å². The summed E-state index contributed by atoms with van der Waals surface area (Å²) in [6.07, 6.45) is 5.57. The van der Waals surface area contributed by atoms with Gasteiger partial charge in [-0.05, 0) is 54.8 Å². The molecule has 164 valence electrons. The fourth-order valence-corrected chi connectivity index (χ4v) is 3.70. The minimum absolute atomic E-state index is 0.104. The number of amidine groups is 1. The van der Waals surface area contributed by atoms with E-state index in [2.05, 4.69) is 30.2 Å². The van der Waals surface area contributed by atoms with Gasteiger partial charge < -0.3 is 26.1 Å². The number of imidazole rings is 1. The van der Waals surface area contributed by atoms with Gasteiger partial charge in [0.15, 0.2) is 0 Å². The molecule has 3 aromatic heterocycles. The van der Waals surface area contributed by atoms with Crippen molar-refractivity contribution in [2.24, 2.45) is 10.7 Å². The third kappa shape index (κ3) is 4.23. The molecule has 0 bridgehead atoms. The van der Waals surface area contributed by atoms with E-state index in [0.717, 1.165) is 27.7 Å². The van der Waals surface area contributed by atoms with Crippen LogP contribution in [0.3, 0.4) is 0 Å². The van der Waals surface area contributed by atoms with Gasteiger partial charge in [-0.25, -0.2) is 4.98 Å². The number of H-pyrrole nitrogens is 2. The third-order valence-corrected chi connectivity index (χ3v) is 5.32. The van der Waals surface area contributed by atoms with Crippen LogP contribution >= 0.6 is 0 Å². The van der Waals surface area contributed by atoms with E-state index in [9.17, 15) is 9.90 Å². The highest BCUT2D eigenvalue weighted by Crippen LogP contribution is 2.27. The smallest absolute Gasteiger partial charge is 0.261 e. The van der Waals surface area contributed by atoms with E-state index in [1.54, 1.807) is 31.7 Å². The molecule has 0 fully saturated rings. The number of benzene rings is 1. The molecule has 9 heteroatoms. The molecule has 32 heavy (non-hydrogen) atoms. The Morgan fingerprint density at radius 1 is 1.28 bits per heavy atom. The zero-order chi connectivity index (χ0) is 22.7. The van der Waals surface area contributed by atoms with Crippen molar-refractivity contribution in [1.82, 2.24) is 19.9 Å². The van der Waals surface area contributed by atoms with Crippen LogP contribution in [0.2, 0.25) is 0 Å². The molecular weight excluding hydrogens is 406 g/mol. The Bertz CT molecular complexity index is 1330. The Labute approximate surface area is 184 Å². The molecule has 0 aliphatic carbocycles. The number of aromatic amines is 2. The molecule has 3 heterocycles. The maximum Gasteiger partial charge on any atom is 0.261 e. The molecule has 0 radical (unpaired) electrons. The summed E-state index contributed by atoms with van der Waals surface area (Å²) >= 11 is 0. The quantitative estimate of drug-likeness (QED) is 0.223. The number of aliphatic hydroxyl groups excluding tert-OH is 1. The van der Waals surface area contributed by atoms with E-state index in [1.807, 2.05) is 31.2 Å². The molecule has 0 saturated carbocycles. The minimum Gasteiger partial charge on any atom is -0.394 e. The van der Waals surface area contributed by atoms with Crippen LogP contribution in [-0.4, -0.2) is 50.6 Å². The predicted octanol–water partition coefficient (Wildman–Crippen LogP) is 1.97. The summed E-state index contributed by atoms with van der Waals surface area (Å²) in [6, 6.07) is 9.04. The summed E-state index contributed by atoms with van der Waals surface area (Å²) in [7, 11) is 1.64. The summed E-state index contributed by atoms with van der Waals surface area (Å²) in [4.78, 5) is 31.5. The lowest BCUT2D eigenvalue weighted by Gasteiger charge is -2.19. The lowest BCUT2D eigenvalue weighted by Crippen LogP contribution is -2.28. The van der Waals surface area contributed by atoms with Gasteiger partial charge in [0, 0.05) is 31.2 Å². The fraction of sp³-hybridized carbons (Fsp3) is 0.217. The molecule has 4 rings (SSSR count). The van der Waals surface area contributed by atoms with Crippen molar-refractivity contribution in [3.8, 4) is 11.4 Å². The van der Waals surface area contributed by atoms with E-state index < -0.39 is 0 Å². The second-order valence-electron chi connectivity index (χ2n) is 7.56. The van der Waals surface area contributed by atoms with Gasteiger partial charge in [-0.3, -0.25) is 14.8 Å². The normalized spacial score (nSPS) is 12.8. The highest BCUT2D eigenvalue weighted by molar-refractivity contribution is 6.01. The number of pyridine rings is 2. The highest BCUT2D eigenvalue weighted by Gasteiger charge is 2.18. The maximum atomic E-state index is 12.8. The van der Waals surface area contributed by atoms with Crippen molar-refractivity contribution in [2.45, 2.75) is 19.4 Å². The van der Waals surface area contributed by atoms with Gasteiger partial charge in [0.2, 0.25) is 0 Å². The molecule has 9 nitrogen and oxygen atoms in total. The Morgan fingerprint density at radius 3 is 2.78 bits per heavy atom. The van der Waals surface area contributed by atoms with Gasteiger partial charge in [-0.1, -0.05) is 0 Å². The van der Waals surface area contributed by atoms with Crippen molar-refractivity contribution >= 4 is 22.6 Å². The zero-order valence-electron chi connectivity index (χ0n) is 17.9. The first-order valence-corrected chi connectivity index (χ1v) is 10.2. The van der Waals surface area contributed by atoms with Crippen LogP contribution in [0.1, 0.15) is 16.7 Å². The summed E-state index contributed by atoms with van der Waals surface area (Å²) in [6.45, 7) is 1.83. The van der Waals surface area contributed by atoms with E-state index in [1.165, 1.54) is 0 Å². The number of aromatic nitrogens is 4. The van der Waals surface area contributed by atoms with E-state index in [4.69, 9.17) is 5.73 Å². The topological polar surface area (TPSA) is 145 Å². The molecule has 1 atom stereocenters. The van der Waals surface area contributed by atoms with Gasteiger partial charge in [-0.2, -0.15) is 0 Å². The predicted molar refractivity (Wildman–Crippen MR) is 126 cm³/mol. The number of hydrogen-bond donors (Lipinski definition) is 5. The summed E-state index contributed by atoms with van der Waals surface area (Å²) in [5.74, 6) is 0.852. The van der Waals surface area contributed by atoms with Gasteiger partial charge >= 0.3 is 0 Å². The van der Waals surface area contributed by atoms with Gasteiger partial charge in [0.1, 0.15) is 17.2 Å². The number of aryl methyl sites for hydroxylation is 1. The number of nitrogens with one attached hydrogen (secondary N) is 3. The number of fused-ring (bicyclic) bond motifs is 1. The summed E-state index contributed by atoms with van der Waals surface area (Å²) < 4.78 is 0. The van der Waals surface area contributed by atoms with Gasteiger partial charge in [0.05, 0.1) is 29.4 Å². The number of aliphatic imine (C=N–C) groups is 1. The molecule has 1 aromatic carbocycles. The average molecular weight is 432 g/mol. The third-order valence-electron chi connectivity index (χ3n) is 5.32. The van der Waals surface area contributed by atoms with Crippen molar-refractivity contribution in [3.63, 3.8) is 0 Å². The molecule has 0 aliphatic rings. The van der Waals surface area contributed by atoms with Crippen LogP contribution in [-0.2, 0) is 6.42 Å². The van der Waals surface area contributed by atoms with Gasteiger partial charge in [-0.15, -0.1) is 0 Å². The van der Waals surface area contributed by atoms with Crippen molar-refractivity contribution < 1.29 is 5.11 Å². The second kappa shape index (κ2) is 9.03. The van der Waals surface area contributed by atoms with Crippen molar-refractivity contribution in [1.29, 1.82) is 0 Å². The number of hydrogen-bond acceptors (Lipinski definition) is 6. The number of anilines is 1. The van der Waals surface area contributed by atoms with Crippen LogP contribution in [0.15, 0.2) is 58.7 Å². The Morgan fingerprint density at radius 2 is 2.06 bits per heavy atom. The number of nitrogens with two attached hydrogens (primary N) is 1. The monoisotopic (exact) mass is 431 g/mol. The molecule has 0 amide bonds. The van der Waals surface area contributed by atoms with E-state index >= 15 is 0 Å². The first-order valence-electron chi connectivity index (χ1n) is 10.2. The number of aliphatic hydroxyl groups is 1. The van der Waals surface area contributed by atoms with Crippen LogP contribution in [0.5, 0.6) is 0 Å². The average Bonchev–Trinajstić information content (AvgIpc) is 3.23. The zero-order valence-corrected chi connectivity index (χ0v) is 17.9. The molecule has 4 aromatic rings. The standard InChI is InChI=1S/C23H25N7O2/c1-13-9-15(21(24)25-2)11-18-20(13)30-22(29-18)19-17(5-8-27-23(19)32)28-16(12-31)10-14-3-6-26-7-4-14/h3-9,11,16,31H,10,12H2,1-2H3,(H2,24,25)(H,29,30)(H2,27,28,32)/t16-/m0/s1. The Kier molecular flexibility index (Phi) is 6.00. The van der Waals surface area contributed by atoms with E-state index in [0.29, 0.717) is 29.3 Å². The first kappa shape index (κ1) is 21.3. The summed E-state index contributed by atoms with van der Waals surface area (Å²) in [5.41, 5.74) is 10.9. The largest absolute Gasteiger partial charge is 0.394 e. The van der Waals surface area contributed by atoms with Crippen molar-refractivity contribution in [3.05, 3.63) is 76.0 Å². The van der Waals surface area contributed by atoms with Gasteiger partial charge in [0.25, 0.3) is 5.56 Å². The number of nitrogens with zero attached hydrogens (tertiary/aromatic N) is 3. The lowest BCUT2D eigenvalue weighted by molar-refractivity contribution is 0.273. The molecule has 0 spiro atoms. The van der Waals surface area contributed by atoms with Crippen LogP contribution in [0.4, 0.5) is 5.69 Å². The lowest BCUT2D eigenvalue weighted by atomic mass is 10.1. The van der Waals surface area contributed by atoms with Crippen molar-refractivity contribution in [2.75, 3.05) is 19.0 Å². The van der Waals surface area contributed by atoms with Crippen LogP contribution in [0, 0.1) is 6.92 Å². The van der Waals surface area contributed by atoms with Crippen LogP contribution in [0.25, 0.3) is 22.4 Å². The molecule has 0 unspecified atom stereocenters. The Balaban J connectivity index is 1.74. The highest BCUT2D eigenvalue weighted by atomic mass is 16.3. The minimum atomic E-state index is -0.295. The molecule has 0 aliphatic heterocycles. The summed E-state index contributed by atoms with van der Waals surface area (Å²) in [5, 5.41) is 13.2. The van der Waals surface area contributed by atoms with E-state index in [-0.39, 0.29) is 18.2 Å².